The summed E-state index contributed by atoms with van der Waals surface area (Å²) in [7, 11) is 0. The summed E-state index contributed by atoms with van der Waals surface area (Å²) in [5.41, 5.74) is 4.01. The SMILES string of the molecule is Cc1ccc(-c2cc(NC(=O)c3cccc(OCc4cscn4)c3)n[nH]2)s1. The van der Waals surface area contributed by atoms with E-state index in [4.69, 9.17) is 4.74 Å². The van der Waals surface area contributed by atoms with E-state index in [2.05, 4.69) is 33.5 Å². The fourth-order valence-corrected chi connectivity index (χ4v) is 3.85. The second kappa shape index (κ2) is 7.73. The van der Waals surface area contributed by atoms with Gasteiger partial charge in [-0.15, -0.1) is 22.7 Å². The molecule has 6 nitrogen and oxygen atoms in total. The fraction of sp³-hybridized carbons (Fsp3) is 0.105. The number of thiazole rings is 1. The molecular weight excluding hydrogens is 380 g/mol. The Morgan fingerprint density at radius 1 is 1.26 bits per heavy atom. The zero-order valence-electron chi connectivity index (χ0n) is 14.4. The Kier molecular flexibility index (Phi) is 4.99. The zero-order chi connectivity index (χ0) is 18.6. The van der Waals surface area contributed by atoms with Crippen LogP contribution in [0, 0.1) is 6.92 Å². The number of carbonyl (C=O) groups is 1. The summed E-state index contributed by atoms with van der Waals surface area (Å²) in [6.45, 7) is 2.42. The van der Waals surface area contributed by atoms with Crippen molar-refractivity contribution in [3.05, 3.63) is 69.5 Å². The lowest BCUT2D eigenvalue weighted by Gasteiger charge is -2.06. The highest BCUT2D eigenvalue weighted by Crippen LogP contribution is 2.27. The molecule has 27 heavy (non-hydrogen) atoms. The quantitative estimate of drug-likeness (QED) is 0.494. The fourth-order valence-electron chi connectivity index (χ4n) is 2.47. The molecule has 0 unspecified atom stereocenters. The highest BCUT2D eigenvalue weighted by Gasteiger charge is 2.11. The molecule has 2 N–H and O–H groups in total. The van der Waals surface area contributed by atoms with E-state index < -0.39 is 0 Å². The van der Waals surface area contributed by atoms with Crippen LogP contribution < -0.4 is 10.1 Å². The lowest BCUT2D eigenvalue weighted by molar-refractivity contribution is 0.102. The van der Waals surface area contributed by atoms with Gasteiger partial charge in [0.05, 0.1) is 21.8 Å². The van der Waals surface area contributed by atoms with Crippen molar-refractivity contribution >= 4 is 34.4 Å². The van der Waals surface area contributed by atoms with Crippen molar-refractivity contribution in [1.82, 2.24) is 15.2 Å². The summed E-state index contributed by atoms with van der Waals surface area (Å²) in [6, 6.07) is 13.0. The van der Waals surface area contributed by atoms with Crippen LogP contribution in [0.5, 0.6) is 5.75 Å². The van der Waals surface area contributed by atoms with Gasteiger partial charge in [-0.1, -0.05) is 6.07 Å². The van der Waals surface area contributed by atoms with Gasteiger partial charge in [-0.2, -0.15) is 5.10 Å². The van der Waals surface area contributed by atoms with Gasteiger partial charge in [-0.3, -0.25) is 9.89 Å². The van der Waals surface area contributed by atoms with E-state index in [1.54, 1.807) is 35.0 Å². The molecule has 1 aromatic carbocycles. The molecule has 3 aromatic heterocycles. The number of aromatic amines is 1. The number of hydrogen-bond donors (Lipinski definition) is 2. The van der Waals surface area contributed by atoms with Crippen molar-refractivity contribution in [3.63, 3.8) is 0 Å². The third-order valence-corrected chi connectivity index (χ3v) is 5.46. The van der Waals surface area contributed by atoms with Gasteiger partial charge < -0.3 is 10.1 Å². The number of nitrogens with one attached hydrogen (secondary N) is 2. The van der Waals surface area contributed by atoms with Gasteiger partial charge in [0.25, 0.3) is 5.91 Å². The van der Waals surface area contributed by atoms with E-state index in [9.17, 15) is 4.79 Å². The maximum Gasteiger partial charge on any atom is 0.256 e. The van der Waals surface area contributed by atoms with E-state index in [0.29, 0.717) is 23.7 Å². The number of rotatable bonds is 6. The number of thiophene rings is 1. The number of hydrogen-bond acceptors (Lipinski definition) is 6. The predicted molar refractivity (Wildman–Crippen MR) is 107 cm³/mol. The Balaban J connectivity index is 1.42. The Morgan fingerprint density at radius 2 is 2.19 bits per heavy atom. The van der Waals surface area contributed by atoms with Crippen molar-refractivity contribution in [1.29, 1.82) is 0 Å². The largest absolute Gasteiger partial charge is 0.487 e. The van der Waals surface area contributed by atoms with E-state index >= 15 is 0 Å². The minimum Gasteiger partial charge on any atom is -0.487 e. The summed E-state index contributed by atoms with van der Waals surface area (Å²) < 4.78 is 5.70. The van der Waals surface area contributed by atoms with Crippen molar-refractivity contribution < 1.29 is 9.53 Å². The summed E-state index contributed by atoms with van der Waals surface area (Å²) in [5, 5.41) is 11.9. The smallest absolute Gasteiger partial charge is 0.256 e. The van der Waals surface area contributed by atoms with Gasteiger partial charge in [-0.05, 0) is 37.3 Å². The number of ether oxygens (including phenoxy) is 1. The summed E-state index contributed by atoms with van der Waals surface area (Å²) in [4.78, 5) is 19.0. The van der Waals surface area contributed by atoms with Crippen LogP contribution >= 0.6 is 22.7 Å². The first-order chi connectivity index (χ1) is 13.2. The van der Waals surface area contributed by atoms with E-state index in [-0.39, 0.29) is 5.91 Å². The van der Waals surface area contributed by atoms with Gasteiger partial charge in [0.2, 0.25) is 0 Å². The summed E-state index contributed by atoms with van der Waals surface area (Å²) >= 11 is 3.19. The van der Waals surface area contributed by atoms with Gasteiger partial charge >= 0.3 is 0 Å². The standard InChI is InChI=1S/C19H16N4O2S2/c1-12-5-6-17(27-12)16-8-18(23-22-16)21-19(24)13-3-2-4-15(7-13)25-9-14-10-26-11-20-14/h2-8,10-11H,9H2,1H3,(H2,21,22,23,24). The van der Waals surface area contributed by atoms with Crippen molar-refractivity contribution in [2.24, 2.45) is 0 Å². The number of amides is 1. The van der Waals surface area contributed by atoms with Crippen molar-refractivity contribution in [2.45, 2.75) is 13.5 Å². The zero-order valence-corrected chi connectivity index (χ0v) is 16.1. The molecule has 4 rings (SSSR count). The molecule has 136 valence electrons. The number of carbonyl (C=O) groups excluding carboxylic acids is 1. The molecule has 0 fully saturated rings. The number of aryl methyl sites for hydroxylation is 1. The Bertz CT molecular complexity index is 1050. The molecule has 0 aliphatic carbocycles. The highest BCUT2D eigenvalue weighted by molar-refractivity contribution is 7.15. The summed E-state index contributed by atoms with van der Waals surface area (Å²) in [6.07, 6.45) is 0. The molecule has 0 atom stereocenters. The molecule has 0 saturated carbocycles. The Labute approximate surface area is 163 Å². The monoisotopic (exact) mass is 396 g/mol. The number of aromatic nitrogens is 3. The predicted octanol–water partition coefficient (Wildman–Crippen LogP) is 4.73. The molecule has 1 amide bonds. The minimum atomic E-state index is -0.241. The third-order valence-electron chi connectivity index (χ3n) is 3.79. The van der Waals surface area contributed by atoms with Crippen LogP contribution in [0.4, 0.5) is 5.82 Å². The van der Waals surface area contributed by atoms with E-state index in [1.807, 2.05) is 23.6 Å². The first kappa shape index (κ1) is 17.4. The molecule has 0 spiro atoms. The third kappa shape index (κ3) is 4.24. The number of nitrogens with zero attached hydrogens (tertiary/aromatic N) is 2. The molecule has 4 aromatic rings. The average molecular weight is 396 g/mol. The normalized spacial score (nSPS) is 10.7. The first-order valence-electron chi connectivity index (χ1n) is 8.21. The molecule has 0 aliphatic rings. The number of benzene rings is 1. The van der Waals surface area contributed by atoms with Crippen LogP contribution in [0.2, 0.25) is 0 Å². The molecule has 0 saturated heterocycles. The van der Waals surface area contributed by atoms with Crippen LogP contribution in [-0.4, -0.2) is 21.1 Å². The Hall–Kier alpha value is -2.97. The van der Waals surface area contributed by atoms with E-state index in [1.165, 1.54) is 16.2 Å². The second-order valence-electron chi connectivity index (χ2n) is 5.83. The van der Waals surface area contributed by atoms with Crippen LogP contribution in [0.25, 0.3) is 10.6 Å². The Morgan fingerprint density at radius 3 is 2.96 bits per heavy atom. The van der Waals surface area contributed by atoms with Crippen LogP contribution in [-0.2, 0) is 6.61 Å². The second-order valence-corrected chi connectivity index (χ2v) is 7.83. The maximum absolute atomic E-state index is 12.5. The lowest BCUT2D eigenvalue weighted by Crippen LogP contribution is -2.12. The van der Waals surface area contributed by atoms with Crippen LogP contribution in [0.1, 0.15) is 20.9 Å². The molecular formula is C19H16N4O2S2. The molecule has 8 heteroatoms. The van der Waals surface area contributed by atoms with E-state index in [0.717, 1.165) is 16.3 Å². The molecule has 0 radical (unpaired) electrons. The topological polar surface area (TPSA) is 79.9 Å². The van der Waals surface area contributed by atoms with Gasteiger partial charge in [0, 0.05) is 21.9 Å². The number of H-pyrrole nitrogens is 1. The summed E-state index contributed by atoms with van der Waals surface area (Å²) in [5.74, 6) is 0.858. The average Bonchev–Trinajstić information content (AvgIpc) is 3.42. The van der Waals surface area contributed by atoms with Gasteiger partial charge in [0.1, 0.15) is 12.4 Å². The van der Waals surface area contributed by atoms with Gasteiger partial charge in [0.15, 0.2) is 5.82 Å². The van der Waals surface area contributed by atoms with Crippen LogP contribution in [0.15, 0.2) is 53.4 Å². The van der Waals surface area contributed by atoms with Gasteiger partial charge in [-0.25, -0.2) is 4.98 Å². The van der Waals surface area contributed by atoms with Crippen molar-refractivity contribution in [3.8, 4) is 16.3 Å². The lowest BCUT2D eigenvalue weighted by atomic mass is 10.2. The first-order valence-corrected chi connectivity index (χ1v) is 9.97. The number of anilines is 1. The highest BCUT2D eigenvalue weighted by atomic mass is 32.1. The molecule has 3 heterocycles. The minimum absolute atomic E-state index is 0.241. The van der Waals surface area contributed by atoms with Crippen molar-refractivity contribution in [2.75, 3.05) is 5.32 Å². The maximum atomic E-state index is 12.5. The van der Waals surface area contributed by atoms with Crippen LogP contribution in [0.3, 0.4) is 0 Å². The molecule has 0 bridgehead atoms. The molecule has 0 aliphatic heterocycles.